The highest BCUT2D eigenvalue weighted by Gasteiger charge is 2.13. The van der Waals surface area contributed by atoms with Crippen LogP contribution in [0.3, 0.4) is 0 Å². The molecule has 1 aromatic heterocycles. The van der Waals surface area contributed by atoms with Gasteiger partial charge in [-0.15, -0.1) is 0 Å². The summed E-state index contributed by atoms with van der Waals surface area (Å²) in [7, 11) is 0. The van der Waals surface area contributed by atoms with Crippen LogP contribution in [0.2, 0.25) is 0 Å². The van der Waals surface area contributed by atoms with Crippen molar-refractivity contribution in [3.63, 3.8) is 0 Å². The van der Waals surface area contributed by atoms with Crippen molar-refractivity contribution < 1.29 is 4.79 Å². The van der Waals surface area contributed by atoms with Crippen LogP contribution in [0.1, 0.15) is 30.3 Å². The number of aromatic nitrogens is 1. The molecule has 1 aliphatic rings. The Kier molecular flexibility index (Phi) is 5.15. The molecule has 1 amide bonds. The predicted molar refractivity (Wildman–Crippen MR) is 76.3 cm³/mol. The van der Waals surface area contributed by atoms with Crippen molar-refractivity contribution in [2.75, 3.05) is 31.5 Å². The molecule has 1 atom stereocenters. The first kappa shape index (κ1) is 13.8. The summed E-state index contributed by atoms with van der Waals surface area (Å²) in [6, 6.07) is 3.71. The molecular weight excluding hydrogens is 240 g/mol. The average Bonchev–Trinajstić information content (AvgIpc) is 2.47. The van der Waals surface area contributed by atoms with Crippen molar-refractivity contribution in [2.24, 2.45) is 5.92 Å². The fraction of sp³-hybridized carbons (Fsp3) is 0.571. The van der Waals surface area contributed by atoms with Crippen molar-refractivity contribution in [2.45, 2.75) is 19.8 Å². The van der Waals surface area contributed by atoms with E-state index in [0.717, 1.165) is 25.3 Å². The minimum absolute atomic E-state index is 0.120. The van der Waals surface area contributed by atoms with Gasteiger partial charge in [0, 0.05) is 25.0 Å². The summed E-state index contributed by atoms with van der Waals surface area (Å²) in [6.45, 7) is 5.65. The monoisotopic (exact) mass is 262 g/mol. The summed E-state index contributed by atoms with van der Waals surface area (Å²) in [5.74, 6) is 0.542. The van der Waals surface area contributed by atoms with Gasteiger partial charge in [0.25, 0.3) is 5.91 Å². The number of carbonyl (C=O) groups is 1. The number of nitrogens with zero attached hydrogens (tertiary/aromatic N) is 1. The third-order valence-corrected chi connectivity index (χ3v) is 3.32. The number of rotatable bonds is 5. The van der Waals surface area contributed by atoms with Gasteiger partial charge in [-0.2, -0.15) is 0 Å². The highest BCUT2D eigenvalue weighted by molar-refractivity contribution is 5.93. The van der Waals surface area contributed by atoms with Crippen LogP contribution < -0.4 is 16.0 Å². The molecular formula is C14H22N4O. The van der Waals surface area contributed by atoms with Crippen molar-refractivity contribution in [3.8, 4) is 0 Å². The van der Waals surface area contributed by atoms with E-state index in [1.807, 2.05) is 13.0 Å². The van der Waals surface area contributed by atoms with Crippen LogP contribution in [0.25, 0.3) is 0 Å². The Morgan fingerprint density at radius 1 is 1.58 bits per heavy atom. The molecule has 0 spiro atoms. The smallest absolute Gasteiger partial charge is 0.269 e. The number of pyridine rings is 1. The largest absolute Gasteiger partial charge is 0.385 e. The number of hydrogen-bond donors (Lipinski definition) is 3. The molecule has 0 aromatic carbocycles. The second-order valence-electron chi connectivity index (χ2n) is 4.88. The molecule has 0 radical (unpaired) electrons. The van der Waals surface area contributed by atoms with Crippen LogP contribution in [-0.4, -0.2) is 37.1 Å². The molecule has 2 rings (SSSR count). The second kappa shape index (κ2) is 7.09. The molecule has 0 saturated carbocycles. The Bertz CT molecular complexity index is 416. The lowest BCUT2D eigenvalue weighted by atomic mass is 10.00. The van der Waals surface area contributed by atoms with E-state index in [9.17, 15) is 4.79 Å². The molecule has 1 fully saturated rings. The Morgan fingerprint density at radius 3 is 3.21 bits per heavy atom. The highest BCUT2D eigenvalue weighted by Crippen LogP contribution is 2.13. The first-order chi connectivity index (χ1) is 9.29. The first-order valence-electron chi connectivity index (χ1n) is 6.98. The maximum atomic E-state index is 11.7. The van der Waals surface area contributed by atoms with Crippen LogP contribution in [0, 0.1) is 5.92 Å². The van der Waals surface area contributed by atoms with Crippen LogP contribution >= 0.6 is 0 Å². The average molecular weight is 262 g/mol. The molecule has 1 unspecified atom stereocenters. The highest BCUT2D eigenvalue weighted by atomic mass is 16.1. The lowest BCUT2D eigenvalue weighted by Crippen LogP contribution is -2.33. The fourth-order valence-electron chi connectivity index (χ4n) is 2.28. The maximum Gasteiger partial charge on any atom is 0.269 e. The number of carbonyl (C=O) groups excluding carboxylic acids is 1. The number of amides is 1. The molecule has 0 aliphatic carbocycles. The van der Waals surface area contributed by atoms with Gasteiger partial charge in [-0.3, -0.25) is 9.78 Å². The van der Waals surface area contributed by atoms with E-state index in [1.165, 1.54) is 12.8 Å². The summed E-state index contributed by atoms with van der Waals surface area (Å²) < 4.78 is 0. The van der Waals surface area contributed by atoms with E-state index in [2.05, 4.69) is 20.9 Å². The predicted octanol–water partition coefficient (Wildman–Crippen LogP) is 1.24. The van der Waals surface area contributed by atoms with Gasteiger partial charge in [0.2, 0.25) is 0 Å². The summed E-state index contributed by atoms with van der Waals surface area (Å²) >= 11 is 0. The third-order valence-electron chi connectivity index (χ3n) is 3.32. The Morgan fingerprint density at radius 2 is 2.47 bits per heavy atom. The van der Waals surface area contributed by atoms with Gasteiger partial charge in [0.05, 0.1) is 0 Å². The summed E-state index contributed by atoms with van der Waals surface area (Å²) in [5.41, 5.74) is 1.43. The molecule has 104 valence electrons. The summed E-state index contributed by atoms with van der Waals surface area (Å²) in [6.07, 6.45) is 4.17. The minimum atomic E-state index is -0.120. The second-order valence-corrected chi connectivity index (χ2v) is 4.88. The fourth-order valence-corrected chi connectivity index (χ4v) is 2.28. The van der Waals surface area contributed by atoms with E-state index >= 15 is 0 Å². The molecule has 5 heteroatoms. The van der Waals surface area contributed by atoms with Gasteiger partial charge in [0.15, 0.2) is 0 Å². The van der Waals surface area contributed by atoms with Crippen molar-refractivity contribution in [3.05, 3.63) is 24.0 Å². The van der Waals surface area contributed by atoms with Gasteiger partial charge in [0.1, 0.15) is 5.69 Å². The number of anilines is 1. The van der Waals surface area contributed by atoms with Gasteiger partial charge in [-0.1, -0.05) is 0 Å². The van der Waals surface area contributed by atoms with Crippen molar-refractivity contribution in [1.29, 1.82) is 0 Å². The van der Waals surface area contributed by atoms with Gasteiger partial charge in [-0.25, -0.2) is 0 Å². The molecule has 1 aliphatic heterocycles. The van der Waals surface area contributed by atoms with Crippen LogP contribution in [0.4, 0.5) is 5.69 Å². The molecule has 19 heavy (non-hydrogen) atoms. The van der Waals surface area contributed by atoms with E-state index in [4.69, 9.17) is 0 Å². The molecule has 1 aromatic rings. The lowest BCUT2D eigenvalue weighted by Gasteiger charge is -2.23. The SMILES string of the molecule is CCNC(=O)c1cc(NCC2CCCNC2)ccn1. The van der Waals surface area contributed by atoms with Crippen molar-refractivity contribution in [1.82, 2.24) is 15.6 Å². The van der Waals surface area contributed by atoms with Crippen molar-refractivity contribution >= 4 is 11.6 Å². The van der Waals surface area contributed by atoms with Gasteiger partial charge in [-0.05, 0) is 50.9 Å². The molecule has 5 nitrogen and oxygen atoms in total. The van der Waals surface area contributed by atoms with Crippen LogP contribution in [-0.2, 0) is 0 Å². The van der Waals surface area contributed by atoms with Gasteiger partial charge < -0.3 is 16.0 Å². The van der Waals surface area contributed by atoms with E-state index in [1.54, 1.807) is 12.3 Å². The molecule has 1 saturated heterocycles. The number of nitrogens with one attached hydrogen (secondary N) is 3. The molecule has 3 N–H and O–H groups in total. The molecule has 0 bridgehead atoms. The van der Waals surface area contributed by atoms with Gasteiger partial charge >= 0.3 is 0 Å². The van der Waals surface area contributed by atoms with E-state index in [0.29, 0.717) is 18.2 Å². The van der Waals surface area contributed by atoms with E-state index < -0.39 is 0 Å². The normalized spacial score (nSPS) is 18.9. The molecule has 2 heterocycles. The zero-order chi connectivity index (χ0) is 13.5. The van der Waals surface area contributed by atoms with E-state index in [-0.39, 0.29) is 5.91 Å². The zero-order valence-electron chi connectivity index (χ0n) is 11.4. The Balaban J connectivity index is 1.89. The Hall–Kier alpha value is -1.62. The minimum Gasteiger partial charge on any atom is -0.385 e. The van der Waals surface area contributed by atoms with Crippen LogP contribution in [0.15, 0.2) is 18.3 Å². The zero-order valence-corrected chi connectivity index (χ0v) is 11.4. The summed E-state index contributed by atoms with van der Waals surface area (Å²) in [4.78, 5) is 15.8. The first-order valence-corrected chi connectivity index (χ1v) is 6.98. The Labute approximate surface area is 114 Å². The topological polar surface area (TPSA) is 66.1 Å². The maximum absolute atomic E-state index is 11.7. The van der Waals surface area contributed by atoms with Crippen LogP contribution in [0.5, 0.6) is 0 Å². The standard InChI is InChI=1S/C14H22N4O/c1-2-16-14(19)13-8-12(5-7-17-13)18-10-11-4-3-6-15-9-11/h5,7-8,11,15H,2-4,6,9-10H2,1H3,(H,16,19)(H,17,18). The number of hydrogen-bond acceptors (Lipinski definition) is 4. The lowest BCUT2D eigenvalue weighted by molar-refractivity contribution is 0.0951. The third kappa shape index (κ3) is 4.21. The quantitative estimate of drug-likeness (QED) is 0.747. The summed E-state index contributed by atoms with van der Waals surface area (Å²) in [5, 5.41) is 9.55. The number of piperidine rings is 1.